The number of methoxy groups -OCH3 is 1. The highest BCUT2D eigenvalue weighted by Crippen LogP contribution is 2.36. The maximum atomic E-state index is 5.38. The molecule has 1 N–H and O–H groups in total. The maximum absolute atomic E-state index is 5.38. The zero-order valence-corrected chi connectivity index (χ0v) is 14.4. The first-order chi connectivity index (χ1) is 10.2. The Morgan fingerprint density at radius 3 is 2.86 bits per heavy atom. The number of piperazine rings is 1. The van der Waals surface area contributed by atoms with Crippen LogP contribution in [0.4, 0.5) is 0 Å². The van der Waals surface area contributed by atoms with Gasteiger partial charge < -0.3 is 10.1 Å². The van der Waals surface area contributed by atoms with Crippen molar-refractivity contribution in [1.29, 1.82) is 0 Å². The van der Waals surface area contributed by atoms with E-state index in [4.69, 9.17) is 4.74 Å². The summed E-state index contributed by atoms with van der Waals surface area (Å²) in [6.07, 6.45) is 6.82. The van der Waals surface area contributed by atoms with Crippen molar-refractivity contribution in [2.45, 2.75) is 44.2 Å². The van der Waals surface area contributed by atoms with Crippen molar-refractivity contribution in [3.63, 3.8) is 0 Å². The van der Waals surface area contributed by atoms with Crippen molar-refractivity contribution in [3.05, 3.63) is 28.2 Å². The highest BCUT2D eigenvalue weighted by molar-refractivity contribution is 9.10. The van der Waals surface area contributed by atoms with Gasteiger partial charge in [0.2, 0.25) is 0 Å². The van der Waals surface area contributed by atoms with E-state index in [0.29, 0.717) is 5.54 Å². The van der Waals surface area contributed by atoms with E-state index in [1.54, 1.807) is 7.11 Å². The molecule has 1 aliphatic heterocycles. The van der Waals surface area contributed by atoms with Gasteiger partial charge in [0.1, 0.15) is 5.75 Å². The molecular weight excluding hydrogens is 328 g/mol. The van der Waals surface area contributed by atoms with E-state index in [0.717, 1.165) is 31.9 Å². The normalized spacial score (nSPS) is 22.4. The first kappa shape index (κ1) is 15.3. The summed E-state index contributed by atoms with van der Waals surface area (Å²) in [4.78, 5) is 2.71. The molecule has 4 heteroatoms. The Hall–Kier alpha value is -0.580. The third-order valence-electron chi connectivity index (χ3n) is 5.08. The zero-order chi connectivity index (χ0) is 14.7. The summed E-state index contributed by atoms with van der Waals surface area (Å²) >= 11 is 3.70. The van der Waals surface area contributed by atoms with E-state index in [9.17, 15) is 0 Å². The Kier molecular flexibility index (Phi) is 4.87. The van der Waals surface area contributed by atoms with Crippen LogP contribution in [0.2, 0.25) is 0 Å². The van der Waals surface area contributed by atoms with Crippen LogP contribution in [-0.4, -0.2) is 37.2 Å². The maximum Gasteiger partial charge on any atom is 0.119 e. The van der Waals surface area contributed by atoms with Crippen molar-refractivity contribution in [2.24, 2.45) is 0 Å². The van der Waals surface area contributed by atoms with Gasteiger partial charge in [-0.1, -0.05) is 35.2 Å². The van der Waals surface area contributed by atoms with Crippen LogP contribution in [0, 0.1) is 0 Å². The fraction of sp³-hybridized carbons (Fsp3) is 0.647. The number of hydrogen-bond acceptors (Lipinski definition) is 3. The molecule has 0 aromatic heterocycles. The molecule has 3 nitrogen and oxygen atoms in total. The van der Waals surface area contributed by atoms with Crippen LogP contribution in [-0.2, 0) is 6.54 Å². The molecule has 0 unspecified atom stereocenters. The summed E-state index contributed by atoms with van der Waals surface area (Å²) in [7, 11) is 1.74. The second kappa shape index (κ2) is 6.67. The lowest BCUT2D eigenvalue weighted by molar-refractivity contribution is 0.0207. The number of nitrogens with zero attached hydrogens (tertiary/aromatic N) is 1. The fourth-order valence-corrected chi connectivity index (χ4v) is 4.21. The molecule has 1 aliphatic carbocycles. The van der Waals surface area contributed by atoms with E-state index in [2.05, 4.69) is 38.3 Å². The standard InChI is InChI=1S/C17H25BrN2O/c1-21-15-5-6-16(18)14(11-15)12-20-10-9-19-13-17(20)7-3-2-4-8-17/h5-6,11,19H,2-4,7-10,12-13H2,1H3. The number of hydrogen-bond donors (Lipinski definition) is 1. The molecule has 1 saturated heterocycles. The molecule has 3 rings (SSSR count). The molecule has 2 fully saturated rings. The zero-order valence-electron chi connectivity index (χ0n) is 12.8. The minimum absolute atomic E-state index is 0.374. The quantitative estimate of drug-likeness (QED) is 0.899. The van der Waals surface area contributed by atoms with Crippen molar-refractivity contribution < 1.29 is 4.74 Å². The van der Waals surface area contributed by atoms with E-state index < -0.39 is 0 Å². The number of rotatable bonds is 3. The summed E-state index contributed by atoms with van der Waals surface area (Å²) in [5, 5.41) is 3.62. The van der Waals surface area contributed by atoms with Crippen molar-refractivity contribution in [1.82, 2.24) is 10.2 Å². The lowest BCUT2D eigenvalue weighted by Crippen LogP contribution is -2.61. The molecule has 1 saturated carbocycles. The average Bonchev–Trinajstić information content (AvgIpc) is 2.52. The van der Waals surface area contributed by atoms with Gasteiger partial charge in [0.25, 0.3) is 0 Å². The van der Waals surface area contributed by atoms with Gasteiger partial charge in [-0.15, -0.1) is 0 Å². The summed E-state index contributed by atoms with van der Waals surface area (Å²) in [6, 6.07) is 6.29. The fourth-order valence-electron chi connectivity index (χ4n) is 3.84. The van der Waals surface area contributed by atoms with Crippen LogP contribution in [0.3, 0.4) is 0 Å². The Labute approximate surface area is 136 Å². The summed E-state index contributed by atoms with van der Waals surface area (Å²) in [5.74, 6) is 0.945. The lowest BCUT2D eigenvalue weighted by atomic mass is 9.79. The predicted octanol–water partition coefficient (Wildman–Crippen LogP) is 3.57. The van der Waals surface area contributed by atoms with Gasteiger partial charge in [-0.05, 0) is 36.6 Å². The molecule has 1 heterocycles. The molecule has 0 atom stereocenters. The number of nitrogens with one attached hydrogen (secondary N) is 1. The third-order valence-corrected chi connectivity index (χ3v) is 5.86. The Balaban J connectivity index is 1.81. The largest absolute Gasteiger partial charge is 0.497 e. The molecular formula is C17H25BrN2O. The van der Waals surface area contributed by atoms with Crippen LogP contribution in [0.5, 0.6) is 5.75 Å². The molecule has 2 aliphatic rings. The smallest absolute Gasteiger partial charge is 0.119 e. The number of benzene rings is 1. The van der Waals surface area contributed by atoms with Gasteiger partial charge in [0, 0.05) is 36.2 Å². The highest BCUT2D eigenvalue weighted by Gasteiger charge is 2.39. The van der Waals surface area contributed by atoms with E-state index in [-0.39, 0.29) is 0 Å². The van der Waals surface area contributed by atoms with Crippen LogP contribution < -0.4 is 10.1 Å². The van der Waals surface area contributed by atoms with Gasteiger partial charge in [0.05, 0.1) is 7.11 Å². The van der Waals surface area contributed by atoms with Gasteiger partial charge >= 0.3 is 0 Å². The monoisotopic (exact) mass is 352 g/mol. The van der Waals surface area contributed by atoms with E-state index in [1.165, 1.54) is 42.1 Å². The second-order valence-electron chi connectivity index (χ2n) is 6.34. The molecule has 1 spiro atoms. The van der Waals surface area contributed by atoms with Crippen LogP contribution in [0.1, 0.15) is 37.7 Å². The Morgan fingerprint density at radius 1 is 1.29 bits per heavy atom. The van der Waals surface area contributed by atoms with Crippen molar-refractivity contribution >= 4 is 15.9 Å². The number of halogens is 1. The first-order valence-electron chi connectivity index (χ1n) is 8.02. The SMILES string of the molecule is COc1ccc(Br)c(CN2CCNCC23CCCCC3)c1. The van der Waals surface area contributed by atoms with Crippen LogP contribution in [0.15, 0.2) is 22.7 Å². The van der Waals surface area contributed by atoms with Crippen molar-refractivity contribution in [2.75, 3.05) is 26.7 Å². The van der Waals surface area contributed by atoms with E-state index >= 15 is 0 Å². The minimum Gasteiger partial charge on any atom is -0.497 e. The summed E-state index contributed by atoms with van der Waals surface area (Å²) in [6.45, 7) is 4.40. The van der Waals surface area contributed by atoms with Gasteiger partial charge in [-0.3, -0.25) is 4.90 Å². The third kappa shape index (κ3) is 3.27. The molecule has 0 amide bonds. The van der Waals surface area contributed by atoms with E-state index in [1.807, 2.05) is 6.07 Å². The first-order valence-corrected chi connectivity index (χ1v) is 8.81. The molecule has 21 heavy (non-hydrogen) atoms. The summed E-state index contributed by atoms with van der Waals surface area (Å²) < 4.78 is 6.57. The van der Waals surface area contributed by atoms with Crippen molar-refractivity contribution in [3.8, 4) is 5.75 Å². The minimum atomic E-state index is 0.374. The molecule has 1 aromatic carbocycles. The van der Waals surface area contributed by atoms with Gasteiger partial charge in [-0.25, -0.2) is 0 Å². The van der Waals surface area contributed by atoms with Crippen LogP contribution >= 0.6 is 15.9 Å². The molecule has 0 radical (unpaired) electrons. The Morgan fingerprint density at radius 2 is 2.10 bits per heavy atom. The predicted molar refractivity (Wildman–Crippen MR) is 89.8 cm³/mol. The lowest BCUT2D eigenvalue weighted by Gasteiger charge is -2.50. The molecule has 0 bridgehead atoms. The molecule has 1 aromatic rings. The topological polar surface area (TPSA) is 24.5 Å². The average molecular weight is 353 g/mol. The molecule has 116 valence electrons. The second-order valence-corrected chi connectivity index (χ2v) is 7.20. The van der Waals surface area contributed by atoms with Gasteiger partial charge in [0.15, 0.2) is 0 Å². The summed E-state index contributed by atoms with van der Waals surface area (Å²) in [5.41, 5.74) is 1.71. The van der Waals surface area contributed by atoms with Crippen LogP contribution in [0.25, 0.3) is 0 Å². The van der Waals surface area contributed by atoms with Gasteiger partial charge in [-0.2, -0.15) is 0 Å². The Bertz CT molecular complexity index is 477. The highest BCUT2D eigenvalue weighted by atomic mass is 79.9. The number of ether oxygens (including phenoxy) is 1.